The standard InChI is InChI=1S/C27H22N4O3/c1-2-24(32)15-18-6-3-8-20(14-18)26(33)29-22-10-5-11-23(17-22)30-27(34)21-9-4-7-19(16-21)25-12-13-28-31-25/h2-14,16-17H,1,15H2,(H,28,31)(H,29,33)(H,30,34). The van der Waals surface area contributed by atoms with Crippen LogP contribution in [0.1, 0.15) is 26.3 Å². The highest BCUT2D eigenvalue weighted by Gasteiger charge is 2.11. The van der Waals surface area contributed by atoms with E-state index >= 15 is 0 Å². The van der Waals surface area contributed by atoms with Gasteiger partial charge in [0.2, 0.25) is 0 Å². The molecule has 0 spiro atoms. The van der Waals surface area contributed by atoms with Crippen molar-refractivity contribution >= 4 is 29.0 Å². The van der Waals surface area contributed by atoms with Gasteiger partial charge in [0.1, 0.15) is 0 Å². The number of carbonyl (C=O) groups excluding carboxylic acids is 3. The van der Waals surface area contributed by atoms with E-state index in [0.717, 1.165) is 16.8 Å². The number of carbonyl (C=O) groups is 3. The van der Waals surface area contributed by atoms with Crippen molar-refractivity contribution in [3.05, 3.63) is 114 Å². The number of aromatic nitrogens is 2. The zero-order valence-electron chi connectivity index (χ0n) is 18.2. The van der Waals surface area contributed by atoms with Crippen molar-refractivity contribution in [3.63, 3.8) is 0 Å². The minimum atomic E-state index is -0.316. The number of rotatable bonds is 8. The fraction of sp³-hybridized carbons (Fsp3) is 0.0370. The third kappa shape index (κ3) is 5.52. The third-order valence-electron chi connectivity index (χ3n) is 5.11. The van der Waals surface area contributed by atoms with Crippen molar-refractivity contribution in [2.75, 3.05) is 10.6 Å². The second kappa shape index (κ2) is 10.2. The molecule has 0 aliphatic rings. The molecule has 1 heterocycles. The number of benzene rings is 3. The highest BCUT2D eigenvalue weighted by Crippen LogP contribution is 2.20. The number of aromatic amines is 1. The summed E-state index contributed by atoms with van der Waals surface area (Å²) in [4.78, 5) is 37.1. The molecule has 0 bridgehead atoms. The fourth-order valence-corrected chi connectivity index (χ4v) is 3.42. The Bertz CT molecular complexity index is 1360. The molecule has 4 rings (SSSR count). The maximum atomic E-state index is 12.8. The van der Waals surface area contributed by atoms with Crippen LogP contribution in [0.15, 0.2) is 97.7 Å². The van der Waals surface area contributed by atoms with Crippen LogP contribution < -0.4 is 10.6 Å². The predicted octanol–water partition coefficient (Wildman–Crippen LogP) is 4.88. The van der Waals surface area contributed by atoms with Gasteiger partial charge in [-0.05, 0) is 60.2 Å². The second-order valence-electron chi connectivity index (χ2n) is 7.59. The van der Waals surface area contributed by atoms with E-state index in [1.54, 1.807) is 72.9 Å². The summed E-state index contributed by atoms with van der Waals surface area (Å²) in [5, 5.41) is 12.5. The van der Waals surface area contributed by atoms with Gasteiger partial charge in [-0.25, -0.2) is 0 Å². The molecule has 0 unspecified atom stereocenters. The van der Waals surface area contributed by atoms with Gasteiger partial charge in [-0.1, -0.05) is 36.9 Å². The number of hydrogen-bond donors (Lipinski definition) is 3. The van der Waals surface area contributed by atoms with Crippen molar-refractivity contribution in [1.82, 2.24) is 10.2 Å². The topological polar surface area (TPSA) is 104 Å². The Morgan fingerprint density at radius 2 is 1.47 bits per heavy atom. The number of nitrogens with zero attached hydrogens (tertiary/aromatic N) is 1. The third-order valence-corrected chi connectivity index (χ3v) is 5.11. The molecular formula is C27H22N4O3. The number of ketones is 1. The molecule has 0 fully saturated rings. The summed E-state index contributed by atoms with van der Waals surface area (Å²) in [6.45, 7) is 3.47. The molecule has 2 amide bonds. The molecule has 168 valence electrons. The SMILES string of the molecule is C=CC(=O)Cc1cccc(C(=O)Nc2cccc(NC(=O)c3cccc(-c4ccn[nH]4)c3)c2)c1. The van der Waals surface area contributed by atoms with Gasteiger partial charge < -0.3 is 10.6 Å². The average molecular weight is 450 g/mol. The Morgan fingerprint density at radius 3 is 2.12 bits per heavy atom. The lowest BCUT2D eigenvalue weighted by atomic mass is 10.1. The number of allylic oxidation sites excluding steroid dienone is 1. The molecule has 4 aromatic rings. The Balaban J connectivity index is 1.44. The van der Waals surface area contributed by atoms with Gasteiger partial charge in [0.15, 0.2) is 5.78 Å². The monoisotopic (exact) mass is 450 g/mol. The van der Waals surface area contributed by atoms with Crippen LogP contribution in [0.5, 0.6) is 0 Å². The molecule has 0 saturated heterocycles. The number of H-pyrrole nitrogens is 1. The quantitative estimate of drug-likeness (QED) is 0.333. The van der Waals surface area contributed by atoms with Crippen LogP contribution in [0.25, 0.3) is 11.3 Å². The van der Waals surface area contributed by atoms with Gasteiger partial charge in [-0.3, -0.25) is 19.5 Å². The summed E-state index contributed by atoms with van der Waals surface area (Å²) >= 11 is 0. The van der Waals surface area contributed by atoms with Crippen molar-refractivity contribution in [2.24, 2.45) is 0 Å². The average Bonchev–Trinajstić information content (AvgIpc) is 3.39. The summed E-state index contributed by atoms with van der Waals surface area (Å²) in [6.07, 6.45) is 3.10. The molecule has 0 atom stereocenters. The Hall–Kier alpha value is -4.78. The first-order valence-electron chi connectivity index (χ1n) is 10.6. The van der Waals surface area contributed by atoms with Gasteiger partial charge in [0, 0.05) is 40.7 Å². The first kappa shape index (κ1) is 22.4. The van der Waals surface area contributed by atoms with Crippen LogP contribution in [0.4, 0.5) is 11.4 Å². The van der Waals surface area contributed by atoms with Crippen LogP contribution in [-0.4, -0.2) is 27.8 Å². The molecule has 0 aliphatic carbocycles. The number of anilines is 2. The van der Waals surface area contributed by atoms with Crippen LogP contribution in [0.3, 0.4) is 0 Å². The van der Waals surface area contributed by atoms with Crippen molar-refractivity contribution < 1.29 is 14.4 Å². The van der Waals surface area contributed by atoms with E-state index in [1.165, 1.54) is 6.08 Å². The lowest BCUT2D eigenvalue weighted by molar-refractivity contribution is -0.114. The molecule has 34 heavy (non-hydrogen) atoms. The molecule has 3 N–H and O–H groups in total. The zero-order chi connectivity index (χ0) is 23.9. The molecule has 0 saturated carbocycles. The summed E-state index contributed by atoms with van der Waals surface area (Å²) in [7, 11) is 0. The van der Waals surface area contributed by atoms with Crippen LogP contribution in [0.2, 0.25) is 0 Å². The second-order valence-corrected chi connectivity index (χ2v) is 7.59. The van der Waals surface area contributed by atoms with E-state index < -0.39 is 0 Å². The minimum absolute atomic E-state index is 0.115. The normalized spacial score (nSPS) is 10.4. The van der Waals surface area contributed by atoms with Crippen LogP contribution in [-0.2, 0) is 11.2 Å². The zero-order valence-corrected chi connectivity index (χ0v) is 18.2. The maximum Gasteiger partial charge on any atom is 0.255 e. The molecule has 1 aromatic heterocycles. The lowest BCUT2D eigenvalue weighted by Gasteiger charge is -2.10. The molecular weight excluding hydrogens is 428 g/mol. The minimum Gasteiger partial charge on any atom is -0.322 e. The van der Waals surface area contributed by atoms with Crippen LogP contribution >= 0.6 is 0 Å². The first-order chi connectivity index (χ1) is 16.5. The highest BCUT2D eigenvalue weighted by molar-refractivity contribution is 6.07. The Labute approximate surface area is 196 Å². The smallest absolute Gasteiger partial charge is 0.255 e. The fourth-order valence-electron chi connectivity index (χ4n) is 3.42. The van der Waals surface area contributed by atoms with Gasteiger partial charge in [-0.15, -0.1) is 0 Å². The molecule has 7 heteroatoms. The highest BCUT2D eigenvalue weighted by atomic mass is 16.2. The number of nitrogens with one attached hydrogen (secondary N) is 3. The number of amides is 2. The van der Waals surface area contributed by atoms with Gasteiger partial charge >= 0.3 is 0 Å². The summed E-state index contributed by atoms with van der Waals surface area (Å²) in [6, 6.07) is 22.8. The predicted molar refractivity (Wildman–Crippen MR) is 132 cm³/mol. The van der Waals surface area contributed by atoms with Crippen LogP contribution in [0, 0.1) is 0 Å². The van der Waals surface area contributed by atoms with E-state index in [9.17, 15) is 14.4 Å². The van der Waals surface area contributed by atoms with Gasteiger partial charge in [0.25, 0.3) is 11.8 Å². The Morgan fingerprint density at radius 1 is 0.824 bits per heavy atom. The molecule has 0 aliphatic heterocycles. The van der Waals surface area contributed by atoms with E-state index in [4.69, 9.17) is 0 Å². The van der Waals surface area contributed by atoms with Gasteiger partial charge in [-0.2, -0.15) is 5.10 Å². The first-order valence-corrected chi connectivity index (χ1v) is 10.6. The van der Waals surface area contributed by atoms with Crippen molar-refractivity contribution in [3.8, 4) is 11.3 Å². The van der Waals surface area contributed by atoms with Gasteiger partial charge in [0.05, 0.1) is 5.69 Å². The van der Waals surface area contributed by atoms with Crippen molar-refractivity contribution in [2.45, 2.75) is 6.42 Å². The summed E-state index contributed by atoms with van der Waals surface area (Å²) in [5.74, 6) is -0.704. The molecule has 3 aromatic carbocycles. The lowest BCUT2D eigenvalue weighted by Crippen LogP contribution is -2.14. The molecule has 7 nitrogen and oxygen atoms in total. The molecule has 0 radical (unpaired) electrons. The number of hydrogen-bond acceptors (Lipinski definition) is 4. The van der Waals surface area contributed by atoms with E-state index in [1.807, 2.05) is 12.1 Å². The van der Waals surface area contributed by atoms with E-state index in [0.29, 0.717) is 22.5 Å². The largest absolute Gasteiger partial charge is 0.322 e. The maximum absolute atomic E-state index is 12.8. The Kier molecular flexibility index (Phi) is 6.74. The van der Waals surface area contributed by atoms with Crippen molar-refractivity contribution in [1.29, 1.82) is 0 Å². The summed E-state index contributed by atoms with van der Waals surface area (Å²) in [5.41, 5.74) is 4.39. The summed E-state index contributed by atoms with van der Waals surface area (Å²) < 4.78 is 0. The van der Waals surface area contributed by atoms with E-state index in [-0.39, 0.29) is 24.0 Å². The van der Waals surface area contributed by atoms with E-state index in [2.05, 4.69) is 27.4 Å².